The van der Waals surface area contributed by atoms with E-state index in [1.54, 1.807) is 5.38 Å². The van der Waals surface area contributed by atoms with Crippen LogP contribution in [-0.2, 0) is 0 Å². The fourth-order valence-corrected chi connectivity index (χ4v) is 3.01. The molecule has 0 radical (unpaired) electrons. The number of aryl methyl sites for hydroxylation is 1. The summed E-state index contributed by atoms with van der Waals surface area (Å²) in [7, 11) is 0. The predicted octanol–water partition coefficient (Wildman–Crippen LogP) is 3.67. The van der Waals surface area contributed by atoms with Crippen LogP contribution in [0.1, 0.15) is 15.9 Å². The monoisotopic (exact) mass is 270 g/mol. The van der Waals surface area contributed by atoms with E-state index in [-0.39, 0.29) is 0 Å². The predicted molar refractivity (Wildman–Crippen MR) is 61.2 cm³/mol. The van der Waals surface area contributed by atoms with Gasteiger partial charge in [0.1, 0.15) is 0 Å². The third-order valence-corrected chi connectivity index (χ3v) is 3.64. The molecule has 0 atom stereocenters. The summed E-state index contributed by atoms with van der Waals surface area (Å²) < 4.78 is 1.97. The molecule has 0 aliphatic heterocycles. The van der Waals surface area contributed by atoms with Gasteiger partial charge in [0.15, 0.2) is 0 Å². The topological polar surface area (TPSA) is 37.3 Å². The van der Waals surface area contributed by atoms with E-state index in [4.69, 9.17) is 5.11 Å². The maximum atomic E-state index is 10.9. The summed E-state index contributed by atoms with van der Waals surface area (Å²) >= 11 is 4.84. The molecule has 1 aromatic carbocycles. The van der Waals surface area contributed by atoms with Gasteiger partial charge in [-0.2, -0.15) is 0 Å². The number of carboxylic acids is 1. The molecule has 1 aromatic heterocycles. The molecular weight excluding hydrogens is 264 g/mol. The molecule has 0 amide bonds. The average molecular weight is 271 g/mol. The third-order valence-electron chi connectivity index (χ3n) is 2.05. The van der Waals surface area contributed by atoms with Crippen LogP contribution in [0.15, 0.2) is 22.0 Å². The first-order chi connectivity index (χ1) is 6.59. The number of rotatable bonds is 1. The van der Waals surface area contributed by atoms with Crippen molar-refractivity contribution in [3.8, 4) is 0 Å². The summed E-state index contributed by atoms with van der Waals surface area (Å²) in [6.07, 6.45) is 0. The molecule has 14 heavy (non-hydrogen) atoms. The van der Waals surface area contributed by atoms with Crippen molar-refractivity contribution < 1.29 is 9.90 Å². The van der Waals surface area contributed by atoms with E-state index >= 15 is 0 Å². The SMILES string of the molecule is Cc1cc(Br)cc2c(C(=O)O)csc12. The number of hydrogen-bond acceptors (Lipinski definition) is 2. The van der Waals surface area contributed by atoms with Crippen LogP contribution in [0.2, 0.25) is 0 Å². The van der Waals surface area contributed by atoms with Crippen LogP contribution in [0.4, 0.5) is 0 Å². The first kappa shape index (κ1) is 9.68. The minimum Gasteiger partial charge on any atom is -0.478 e. The summed E-state index contributed by atoms with van der Waals surface area (Å²) in [6, 6.07) is 3.84. The Hall–Kier alpha value is -0.870. The van der Waals surface area contributed by atoms with Crippen molar-refractivity contribution in [1.29, 1.82) is 0 Å². The molecule has 72 valence electrons. The molecule has 0 aliphatic rings. The van der Waals surface area contributed by atoms with Crippen LogP contribution in [0.3, 0.4) is 0 Å². The highest BCUT2D eigenvalue weighted by atomic mass is 79.9. The highest BCUT2D eigenvalue weighted by molar-refractivity contribution is 9.10. The fraction of sp³-hybridized carbons (Fsp3) is 0.100. The summed E-state index contributed by atoms with van der Waals surface area (Å²) in [4.78, 5) is 10.9. The van der Waals surface area contributed by atoms with Crippen molar-refractivity contribution in [2.75, 3.05) is 0 Å². The molecule has 2 rings (SSSR count). The van der Waals surface area contributed by atoms with Gasteiger partial charge in [-0.05, 0) is 24.6 Å². The molecule has 0 saturated carbocycles. The summed E-state index contributed by atoms with van der Waals surface area (Å²) in [5, 5.41) is 11.4. The number of carboxylic acid groups (broad SMARTS) is 1. The number of fused-ring (bicyclic) bond motifs is 1. The van der Waals surface area contributed by atoms with Crippen molar-refractivity contribution in [3.05, 3.63) is 33.1 Å². The van der Waals surface area contributed by atoms with Crippen LogP contribution in [0, 0.1) is 6.92 Å². The Bertz CT molecular complexity index is 516. The number of carbonyl (C=O) groups is 1. The molecular formula is C10H7BrO2S. The lowest BCUT2D eigenvalue weighted by Crippen LogP contribution is -1.93. The Kier molecular flexibility index (Phi) is 2.33. The minimum atomic E-state index is -0.867. The summed E-state index contributed by atoms with van der Waals surface area (Å²) in [5.74, 6) is -0.867. The molecule has 0 spiro atoms. The smallest absolute Gasteiger partial charge is 0.337 e. The van der Waals surface area contributed by atoms with E-state index in [0.29, 0.717) is 5.56 Å². The van der Waals surface area contributed by atoms with E-state index in [2.05, 4.69) is 15.9 Å². The second kappa shape index (κ2) is 3.37. The van der Waals surface area contributed by atoms with Gasteiger partial charge in [-0.3, -0.25) is 0 Å². The first-order valence-corrected chi connectivity index (χ1v) is 5.67. The number of aromatic carboxylic acids is 1. The Balaban J connectivity index is 2.85. The molecule has 0 aliphatic carbocycles. The van der Waals surface area contributed by atoms with E-state index in [9.17, 15) is 4.79 Å². The number of benzene rings is 1. The summed E-state index contributed by atoms with van der Waals surface area (Å²) in [5.41, 5.74) is 1.49. The Morgan fingerprint density at radius 2 is 2.21 bits per heavy atom. The van der Waals surface area contributed by atoms with Gasteiger partial charge in [0.25, 0.3) is 0 Å². The Morgan fingerprint density at radius 3 is 2.86 bits per heavy atom. The lowest BCUT2D eigenvalue weighted by Gasteiger charge is -1.98. The van der Waals surface area contributed by atoms with Crippen molar-refractivity contribution in [1.82, 2.24) is 0 Å². The number of halogens is 1. The van der Waals surface area contributed by atoms with Crippen molar-refractivity contribution >= 4 is 43.3 Å². The van der Waals surface area contributed by atoms with Gasteiger partial charge in [-0.1, -0.05) is 15.9 Å². The van der Waals surface area contributed by atoms with Gasteiger partial charge >= 0.3 is 5.97 Å². The standard InChI is InChI=1S/C10H7BrO2S/c1-5-2-6(11)3-7-8(10(12)13)4-14-9(5)7/h2-4H,1H3,(H,12,13). The van der Waals surface area contributed by atoms with Crippen molar-refractivity contribution in [2.45, 2.75) is 6.92 Å². The Labute approximate surface area is 93.3 Å². The van der Waals surface area contributed by atoms with Crippen LogP contribution < -0.4 is 0 Å². The molecule has 2 nitrogen and oxygen atoms in total. The van der Waals surface area contributed by atoms with Gasteiger partial charge < -0.3 is 5.11 Å². The highest BCUT2D eigenvalue weighted by Gasteiger charge is 2.12. The summed E-state index contributed by atoms with van der Waals surface area (Å²) in [6.45, 7) is 1.98. The zero-order valence-corrected chi connectivity index (χ0v) is 9.78. The van der Waals surface area contributed by atoms with Crippen LogP contribution >= 0.6 is 27.3 Å². The average Bonchev–Trinajstić information content (AvgIpc) is 2.47. The second-order valence-corrected chi connectivity index (χ2v) is 4.85. The maximum Gasteiger partial charge on any atom is 0.337 e. The maximum absolute atomic E-state index is 10.9. The second-order valence-electron chi connectivity index (χ2n) is 3.05. The largest absolute Gasteiger partial charge is 0.478 e. The van der Waals surface area contributed by atoms with Gasteiger partial charge in [0, 0.05) is 19.9 Å². The van der Waals surface area contributed by atoms with Crippen molar-refractivity contribution in [2.24, 2.45) is 0 Å². The zero-order valence-electron chi connectivity index (χ0n) is 7.37. The van der Waals surface area contributed by atoms with Crippen molar-refractivity contribution in [3.63, 3.8) is 0 Å². The van der Waals surface area contributed by atoms with Crippen LogP contribution in [0.25, 0.3) is 10.1 Å². The van der Waals surface area contributed by atoms with E-state index < -0.39 is 5.97 Å². The van der Waals surface area contributed by atoms with Crippen LogP contribution in [0.5, 0.6) is 0 Å². The van der Waals surface area contributed by atoms with Gasteiger partial charge in [-0.25, -0.2) is 4.79 Å². The minimum absolute atomic E-state index is 0.384. The quantitative estimate of drug-likeness (QED) is 0.859. The first-order valence-electron chi connectivity index (χ1n) is 4.00. The van der Waals surface area contributed by atoms with Crippen LogP contribution in [-0.4, -0.2) is 11.1 Å². The molecule has 1 heterocycles. The lowest BCUT2D eigenvalue weighted by molar-refractivity contribution is 0.0699. The van der Waals surface area contributed by atoms with E-state index in [1.807, 2.05) is 19.1 Å². The molecule has 4 heteroatoms. The third kappa shape index (κ3) is 1.44. The highest BCUT2D eigenvalue weighted by Crippen LogP contribution is 2.31. The molecule has 0 bridgehead atoms. The lowest BCUT2D eigenvalue weighted by atomic mass is 10.1. The zero-order chi connectivity index (χ0) is 10.3. The van der Waals surface area contributed by atoms with Gasteiger partial charge in [0.2, 0.25) is 0 Å². The molecule has 0 unspecified atom stereocenters. The molecule has 2 aromatic rings. The van der Waals surface area contributed by atoms with E-state index in [1.165, 1.54) is 11.3 Å². The fourth-order valence-electron chi connectivity index (χ4n) is 1.43. The number of thiophene rings is 1. The number of hydrogen-bond donors (Lipinski definition) is 1. The molecule has 0 fully saturated rings. The van der Waals surface area contributed by atoms with Gasteiger partial charge in [0.05, 0.1) is 5.56 Å². The van der Waals surface area contributed by atoms with E-state index in [0.717, 1.165) is 20.1 Å². The molecule has 0 saturated heterocycles. The normalized spacial score (nSPS) is 10.7. The van der Waals surface area contributed by atoms with Gasteiger partial charge in [-0.15, -0.1) is 11.3 Å². The molecule has 1 N–H and O–H groups in total. The Morgan fingerprint density at radius 1 is 1.50 bits per heavy atom.